The molecule has 0 spiro atoms. The Bertz CT molecular complexity index is 1150. The summed E-state index contributed by atoms with van der Waals surface area (Å²) in [5.41, 5.74) is 2.57. The van der Waals surface area contributed by atoms with Crippen molar-refractivity contribution in [2.24, 2.45) is 0 Å². The van der Waals surface area contributed by atoms with Crippen LogP contribution >= 0.6 is 11.3 Å². The molecule has 0 atom stereocenters. The van der Waals surface area contributed by atoms with Crippen LogP contribution < -0.4 is 10.1 Å². The van der Waals surface area contributed by atoms with E-state index in [0.717, 1.165) is 29.7 Å². The highest BCUT2D eigenvalue weighted by Gasteiger charge is 2.23. The van der Waals surface area contributed by atoms with Crippen LogP contribution in [0.25, 0.3) is 0 Å². The van der Waals surface area contributed by atoms with Crippen LogP contribution in [0.5, 0.6) is 5.75 Å². The lowest BCUT2D eigenvalue weighted by Gasteiger charge is -2.11. The van der Waals surface area contributed by atoms with Crippen LogP contribution in [0.4, 0.5) is 5.00 Å². The van der Waals surface area contributed by atoms with Crippen LogP contribution in [0.3, 0.4) is 0 Å². The Balaban J connectivity index is 1.36. The maximum atomic E-state index is 12.6. The molecule has 1 aromatic heterocycles. The van der Waals surface area contributed by atoms with E-state index < -0.39 is 18.5 Å². The van der Waals surface area contributed by atoms with Crippen molar-refractivity contribution in [3.63, 3.8) is 0 Å². The van der Waals surface area contributed by atoms with E-state index in [1.54, 1.807) is 18.2 Å². The number of aryl methyl sites for hydroxylation is 1. The van der Waals surface area contributed by atoms with Gasteiger partial charge in [0.15, 0.2) is 6.61 Å². The van der Waals surface area contributed by atoms with E-state index in [4.69, 9.17) is 9.47 Å². The van der Waals surface area contributed by atoms with E-state index in [1.165, 1.54) is 11.3 Å². The molecule has 0 saturated carbocycles. The van der Waals surface area contributed by atoms with Crippen LogP contribution in [0, 0.1) is 11.3 Å². The van der Waals surface area contributed by atoms with Crippen molar-refractivity contribution in [2.45, 2.75) is 25.9 Å². The molecule has 6 nitrogen and oxygen atoms in total. The molecule has 1 amide bonds. The topological polar surface area (TPSA) is 88.4 Å². The van der Waals surface area contributed by atoms with Crippen LogP contribution in [-0.4, -0.2) is 18.5 Å². The Labute approximate surface area is 184 Å². The number of anilines is 1. The zero-order valence-electron chi connectivity index (χ0n) is 16.7. The molecular weight excluding hydrogens is 412 g/mol. The average molecular weight is 433 g/mol. The summed E-state index contributed by atoms with van der Waals surface area (Å²) in [5, 5.41) is 12.7. The Morgan fingerprint density at radius 3 is 2.65 bits per heavy atom. The minimum atomic E-state index is -0.600. The Kier molecular flexibility index (Phi) is 6.29. The van der Waals surface area contributed by atoms with E-state index in [-0.39, 0.29) is 6.61 Å². The van der Waals surface area contributed by atoms with Crippen molar-refractivity contribution in [1.82, 2.24) is 0 Å². The lowest BCUT2D eigenvalue weighted by Crippen LogP contribution is -2.21. The second kappa shape index (κ2) is 9.45. The summed E-state index contributed by atoms with van der Waals surface area (Å²) in [6, 6.07) is 18.5. The zero-order chi connectivity index (χ0) is 21.6. The molecule has 0 radical (unpaired) electrons. The van der Waals surface area contributed by atoms with E-state index in [9.17, 15) is 14.9 Å². The molecular formula is C24H20N2O4S. The molecule has 1 aliphatic rings. The summed E-state index contributed by atoms with van der Waals surface area (Å²) >= 11 is 1.43. The van der Waals surface area contributed by atoms with E-state index >= 15 is 0 Å². The fraction of sp³-hybridized carbons (Fsp3) is 0.208. The fourth-order valence-electron chi connectivity index (χ4n) is 3.51. The van der Waals surface area contributed by atoms with Gasteiger partial charge in [-0.05, 0) is 43.0 Å². The zero-order valence-corrected chi connectivity index (χ0v) is 17.5. The van der Waals surface area contributed by atoms with Gasteiger partial charge in [0.05, 0.1) is 11.1 Å². The third kappa shape index (κ3) is 4.76. The molecule has 1 N–H and O–H groups in total. The number of carbonyl (C=O) groups is 2. The van der Waals surface area contributed by atoms with Crippen LogP contribution in [-0.2, 0) is 29.0 Å². The first kappa shape index (κ1) is 20.6. The summed E-state index contributed by atoms with van der Waals surface area (Å²) in [7, 11) is 0. The van der Waals surface area contributed by atoms with Crippen LogP contribution in [0.15, 0.2) is 54.6 Å². The average Bonchev–Trinajstić information content (AvgIpc) is 3.37. The number of carbonyl (C=O) groups excluding carboxylic acids is 2. The highest BCUT2D eigenvalue weighted by atomic mass is 32.1. The normalized spacial score (nSPS) is 12.0. The number of para-hydroxylation sites is 1. The number of fused-ring (bicyclic) bond motifs is 1. The van der Waals surface area contributed by atoms with Gasteiger partial charge in [-0.3, -0.25) is 4.79 Å². The van der Waals surface area contributed by atoms with Crippen molar-refractivity contribution in [3.05, 3.63) is 81.7 Å². The predicted molar refractivity (Wildman–Crippen MR) is 117 cm³/mol. The van der Waals surface area contributed by atoms with E-state index in [0.29, 0.717) is 27.4 Å². The first-order valence-electron chi connectivity index (χ1n) is 9.93. The Hall–Kier alpha value is -3.63. The van der Waals surface area contributed by atoms with Gasteiger partial charge in [0.2, 0.25) is 0 Å². The molecule has 1 aliphatic carbocycles. The SMILES string of the molecule is N#Cc1c(NC(=O)COC(=O)c2ccccc2COc2ccccc2)sc2c1CCC2. The van der Waals surface area contributed by atoms with Gasteiger partial charge < -0.3 is 14.8 Å². The first-order valence-corrected chi connectivity index (χ1v) is 10.7. The van der Waals surface area contributed by atoms with Gasteiger partial charge in [-0.2, -0.15) is 5.26 Å². The maximum Gasteiger partial charge on any atom is 0.339 e. The van der Waals surface area contributed by atoms with Gasteiger partial charge in [0.25, 0.3) is 5.91 Å². The number of hydrogen-bond donors (Lipinski definition) is 1. The highest BCUT2D eigenvalue weighted by Crippen LogP contribution is 2.38. The second-order valence-electron chi connectivity index (χ2n) is 7.06. The number of ether oxygens (including phenoxy) is 2. The van der Waals surface area contributed by atoms with Crippen molar-refractivity contribution in [3.8, 4) is 11.8 Å². The number of rotatable bonds is 7. The molecule has 156 valence electrons. The van der Waals surface area contributed by atoms with Gasteiger partial charge in [-0.1, -0.05) is 36.4 Å². The molecule has 0 bridgehead atoms. The molecule has 7 heteroatoms. The number of amides is 1. The second-order valence-corrected chi connectivity index (χ2v) is 8.16. The molecule has 31 heavy (non-hydrogen) atoms. The monoisotopic (exact) mass is 432 g/mol. The fourth-order valence-corrected chi connectivity index (χ4v) is 4.76. The van der Waals surface area contributed by atoms with Crippen molar-refractivity contribution in [2.75, 3.05) is 11.9 Å². The molecule has 0 aliphatic heterocycles. The molecule has 0 fully saturated rings. The number of nitriles is 1. The number of benzene rings is 2. The van der Waals surface area contributed by atoms with E-state index in [1.807, 2.05) is 36.4 Å². The largest absolute Gasteiger partial charge is 0.489 e. The summed E-state index contributed by atoms with van der Waals surface area (Å²) < 4.78 is 10.9. The number of esters is 1. The molecule has 1 heterocycles. The third-order valence-corrected chi connectivity index (χ3v) is 6.20. The number of nitrogens with one attached hydrogen (secondary N) is 1. The van der Waals surface area contributed by atoms with E-state index in [2.05, 4.69) is 11.4 Å². The third-order valence-electron chi connectivity index (χ3n) is 5.00. The van der Waals surface area contributed by atoms with Gasteiger partial charge in [0, 0.05) is 10.4 Å². The first-order chi connectivity index (χ1) is 15.2. The van der Waals surface area contributed by atoms with Crippen LogP contribution in [0.1, 0.15) is 38.3 Å². The summed E-state index contributed by atoms with van der Waals surface area (Å²) in [6.45, 7) is -0.228. The maximum absolute atomic E-state index is 12.6. The van der Waals surface area contributed by atoms with Gasteiger partial charge in [-0.25, -0.2) is 4.79 Å². The molecule has 0 saturated heterocycles. The smallest absolute Gasteiger partial charge is 0.339 e. The summed E-state index contributed by atoms with van der Waals surface area (Å²) in [6.07, 6.45) is 2.83. The standard InChI is InChI=1S/C24H20N2O4S/c25-13-20-19-11-6-12-21(19)31-23(20)26-22(27)15-30-24(28)18-10-5-4-7-16(18)14-29-17-8-2-1-3-9-17/h1-5,7-10H,6,11-12,14-15H2,(H,26,27). The van der Waals surface area contributed by atoms with Crippen molar-refractivity contribution < 1.29 is 19.1 Å². The molecule has 2 aromatic carbocycles. The lowest BCUT2D eigenvalue weighted by molar-refractivity contribution is -0.119. The molecule has 4 rings (SSSR count). The highest BCUT2D eigenvalue weighted by molar-refractivity contribution is 7.16. The Morgan fingerprint density at radius 1 is 1.06 bits per heavy atom. The number of hydrogen-bond acceptors (Lipinski definition) is 6. The summed E-state index contributed by atoms with van der Waals surface area (Å²) in [5.74, 6) is -0.374. The number of nitrogens with zero attached hydrogens (tertiary/aromatic N) is 1. The van der Waals surface area contributed by atoms with Gasteiger partial charge in [0.1, 0.15) is 23.4 Å². The molecule has 3 aromatic rings. The van der Waals surface area contributed by atoms with Crippen molar-refractivity contribution >= 4 is 28.2 Å². The Morgan fingerprint density at radius 2 is 1.84 bits per heavy atom. The lowest BCUT2D eigenvalue weighted by atomic mass is 10.1. The van der Waals surface area contributed by atoms with Crippen molar-refractivity contribution in [1.29, 1.82) is 5.26 Å². The minimum absolute atomic E-state index is 0.202. The minimum Gasteiger partial charge on any atom is -0.489 e. The van der Waals surface area contributed by atoms with Gasteiger partial charge in [-0.15, -0.1) is 11.3 Å². The molecule has 0 unspecified atom stereocenters. The van der Waals surface area contributed by atoms with Gasteiger partial charge >= 0.3 is 5.97 Å². The number of thiophene rings is 1. The predicted octanol–water partition coefficient (Wildman–Crippen LogP) is 4.48. The van der Waals surface area contributed by atoms with Crippen LogP contribution in [0.2, 0.25) is 0 Å². The summed E-state index contributed by atoms with van der Waals surface area (Å²) in [4.78, 5) is 26.0. The quantitative estimate of drug-likeness (QED) is 0.556.